The summed E-state index contributed by atoms with van der Waals surface area (Å²) in [6, 6.07) is 5.69. The predicted molar refractivity (Wildman–Crippen MR) is 67.6 cm³/mol. The first-order valence-corrected chi connectivity index (χ1v) is 5.68. The van der Waals surface area contributed by atoms with Crippen LogP contribution in [0.25, 0.3) is 0 Å². The lowest BCUT2D eigenvalue weighted by Crippen LogP contribution is -2.28. The summed E-state index contributed by atoms with van der Waals surface area (Å²) in [6.07, 6.45) is 0.869. The number of benzene rings is 1. The van der Waals surface area contributed by atoms with Gasteiger partial charge in [0.1, 0.15) is 11.4 Å². The zero-order valence-corrected chi connectivity index (χ0v) is 10.7. The molecule has 0 atom stereocenters. The van der Waals surface area contributed by atoms with Crippen molar-refractivity contribution >= 4 is 11.7 Å². The normalized spacial score (nSPS) is 16.0. The largest absolute Gasteiger partial charge is 0.485 e. The van der Waals surface area contributed by atoms with E-state index >= 15 is 0 Å². The molecule has 4 heteroatoms. The van der Waals surface area contributed by atoms with Gasteiger partial charge in [0, 0.05) is 26.1 Å². The molecule has 0 unspecified atom stereocenters. The van der Waals surface area contributed by atoms with Crippen LogP contribution in [0.2, 0.25) is 0 Å². The molecule has 0 saturated heterocycles. The second-order valence-corrected chi connectivity index (χ2v) is 5.16. The summed E-state index contributed by atoms with van der Waals surface area (Å²) in [5.74, 6) is 0.799. The Morgan fingerprint density at radius 2 is 2.12 bits per heavy atom. The molecule has 1 aromatic carbocycles. The molecule has 2 rings (SSSR count). The Hall–Kier alpha value is -1.71. The molecule has 0 radical (unpaired) electrons. The fraction of sp³-hybridized carbons (Fsp3) is 0.462. The van der Waals surface area contributed by atoms with E-state index in [1.165, 1.54) is 4.90 Å². The van der Waals surface area contributed by atoms with E-state index in [0.717, 1.165) is 23.4 Å². The lowest BCUT2D eigenvalue weighted by molar-refractivity contribution is 0.139. The molecule has 92 valence electrons. The van der Waals surface area contributed by atoms with Crippen LogP contribution >= 0.6 is 0 Å². The van der Waals surface area contributed by atoms with Gasteiger partial charge in [0.2, 0.25) is 0 Å². The van der Waals surface area contributed by atoms with Crippen molar-refractivity contribution in [2.45, 2.75) is 25.9 Å². The van der Waals surface area contributed by atoms with E-state index in [4.69, 9.17) is 4.74 Å². The SMILES string of the molecule is CN(C)C(=O)Nc1cccc2c1OC(C)(C)C2. The number of ether oxygens (including phenoxy) is 1. The lowest BCUT2D eigenvalue weighted by atomic mass is 10.0. The Balaban J connectivity index is 2.27. The Kier molecular flexibility index (Phi) is 2.73. The van der Waals surface area contributed by atoms with Crippen LogP contribution < -0.4 is 10.1 Å². The Morgan fingerprint density at radius 1 is 1.41 bits per heavy atom. The molecule has 0 saturated carbocycles. The third-order valence-electron chi connectivity index (χ3n) is 2.74. The van der Waals surface area contributed by atoms with Crippen molar-refractivity contribution in [1.29, 1.82) is 0 Å². The third-order valence-corrected chi connectivity index (χ3v) is 2.74. The molecule has 1 N–H and O–H groups in total. The third kappa shape index (κ3) is 2.35. The van der Waals surface area contributed by atoms with Gasteiger partial charge in [-0.25, -0.2) is 4.79 Å². The average molecular weight is 234 g/mol. The number of rotatable bonds is 1. The number of hydrogen-bond donors (Lipinski definition) is 1. The maximum atomic E-state index is 11.6. The van der Waals surface area contributed by atoms with Crippen LogP contribution in [0, 0.1) is 0 Å². The molecular weight excluding hydrogens is 216 g/mol. The number of amides is 2. The van der Waals surface area contributed by atoms with Crippen molar-refractivity contribution in [2.75, 3.05) is 19.4 Å². The van der Waals surface area contributed by atoms with E-state index in [2.05, 4.69) is 5.32 Å². The number of fused-ring (bicyclic) bond motifs is 1. The number of para-hydroxylation sites is 1. The fourth-order valence-electron chi connectivity index (χ4n) is 1.94. The fourth-order valence-corrected chi connectivity index (χ4v) is 1.94. The second-order valence-electron chi connectivity index (χ2n) is 5.16. The van der Waals surface area contributed by atoms with E-state index in [-0.39, 0.29) is 11.6 Å². The Bertz CT molecular complexity index is 453. The van der Waals surface area contributed by atoms with Crippen molar-refractivity contribution in [3.05, 3.63) is 23.8 Å². The van der Waals surface area contributed by atoms with Gasteiger partial charge in [-0.05, 0) is 19.9 Å². The van der Waals surface area contributed by atoms with Crippen LogP contribution in [0.4, 0.5) is 10.5 Å². The highest BCUT2D eigenvalue weighted by molar-refractivity contribution is 5.91. The minimum Gasteiger partial charge on any atom is -0.485 e. The molecule has 0 aromatic heterocycles. The highest BCUT2D eigenvalue weighted by atomic mass is 16.5. The number of nitrogens with zero attached hydrogens (tertiary/aromatic N) is 1. The standard InChI is InChI=1S/C13H18N2O2/c1-13(2)8-9-6-5-7-10(11(9)17-13)14-12(16)15(3)4/h5-7H,8H2,1-4H3,(H,14,16). The minimum absolute atomic E-state index is 0.147. The maximum absolute atomic E-state index is 11.6. The number of nitrogens with one attached hydrogen (secondary N) is 1. The van der Waals surface area contributed by atoms with Crippen LogP contribution in [0.15, 0.2) is 18.2 Å². The first kappa shape index (κ1) is 11.8. The van der Waals surface area contributed by atoms with Crippen molar-refractivity contribution in [3.63, 3.8) is 0 Å². The number of carbonyl (C=O) groups excluding carboxylic acids is 1. The quantitative estimate of drug-likeness (QED) is 0.811. The summed E-state index contributed by atoms with van der Waals surface area (Å²) in [4.78, 5) is 13.1. The average Bonchev–Trinajstić information content (AvgIpc) is 2.53. The number of hydrogen-bond acceptors (Lipinski definition) is 2. The molecule has 0 bridgehead atoms. The van der Waals surface area contributed by atoms with Gasteiger partial charge in [0.25, 0.3) is 0 Å². The molecule has 4 nitrogen and oxygen atoms in total. The van der Waals surface area contributed by atoms with Gasteiger partial charge in [0.05, 0.1) is 5.69 Å². The van der Waals surface area contributed by atoms with Crippen molar-refractivity contribution in [3.8, 4) is 5.75 Å². The first-order chi connectivity index (χ1) is 7.89. The van der Waals surface area contributed by atoms with E-state index in [1.807, 2.05) is 32.0 Å². The highest BCUT2D eigenvalue weighted by Gasteiger charge is 2.31. The minimum atomic E-state index is -0.193. The number of urea groups is 1. The summed E-state index contributed by atoms with van der Waals surface area (Å²) in [5.41, 5.74) is 1.69. The van der Waals surface area contributed by atoms with E-state index in [9.17, 15) is 4.79 Å². The predicted octanol–water partition coefficient (Wildman–Crippen LogP) is 2.49. The smallest absolute Gasteiger partial charge is 0.321 e. The second kappa shape index (κ2) is 3.95. The summed E-state index contributed by atoms with van der Waals surface area (Å²) >= 11 is 0. The molecule has 2 amide bonds. The lowest BCUT2D eigenvalue weighted by Gasteiger charge is -2.19. The zero-order valence-electron chi connectivity index (χ0n) is 10.7. The van der Waals surface area contributed by atoms with E-state index < -0.39 is 0 Å². The van der Waals surface area contributed by atoms with Crippen molar-refractivity contribution in [2.24, 2.45) is 0 Å². The van der Waals surface area contributed by atoms with Gasteiger partial charge in [-0.1, -0.05) is 12.1 Å². The molecule has 1 aliphatic heterocycles. The molecular formula is C13H18N2O2. The summed E-state index contributed by atoms with van der Waals surface area (Å²) < 4.78 is 5.87. The molecule has 1 aromatic rings. The van der Waals surface area contributed by atoms with Gasteiger partial charge in [-0.2, -0.15) is 0 Å². The zero-order chi connectivity index (χ0) is 12.6. The van der Waals surface area contributed by atoms with Gasteiger partial charge in [0.15, 0.2) is 0 Å². The van der Waals surface area contributed by atoms with Gasteiger partial charge < -0.3 is 15.0 Å². The molecule has 0 aliphatic carbocycles. The van der Waals surface area contributed by atoms with Gasteiger partial charge in [-0.3, -0.25) is 0 Å². The highest BCUT2D eigenvalue weighted by Crippen LogP contribution is 2.40. The molecule has 0 spiro atoms. The van der Waals surface area contributed by atoms with Crippen LogP contribution in [-0.4, -0.2) is 30.6 Å². The topological polar surface area (TPSA) is 41.6 Å². The Labute approximate surface area is 102 Å². The summed E-state index contributed by atoms with van der Waals surface area (Å²) in [7, 11) is 3.42. The molecule has 1 heterocycles. The Morgan fingerprint density at radius 3 is 2.76 bits per heavy atom. The van der Waals surface area contributed by atoms with E-state index in [0.29, 0.717) is 0 Å². The molecule has 0 fully saturated rings. The number of anilines is 1. The van der Waals surface area contributed by atoms with Crippen LogP contribution in [0.1, 0.15) is 19.4 Å². The number of carbonyl (C=O) groups is 1. The maximum Gasteiger partial charge on any atom is 0.321 e. The van der Waals surface area contributed by atoms with Crippen molar-refractivity contribution in [1.82, 2.24) is 4.90 Å². The van der Waals surface area contributed by atoms with Crippen LogP contribution in [0.3, 0.4) is 0 Å². The molecule has 17 heavy (non-hydrogen) atoms. The summed E-state index contributed by atoms with van der Waals surface area (Å²) in [6.45, 7) is 4.09. The van der Waals surface area contributed by atoms with Crippen LogP contribution in [-0.2, 0) is 6.42 Å². The van der Waals surface area contributed by atoms with Gasteiger partial charge in [-0.15, -0.1) is 0 Å². The van der Waals surface area contributed by atoms with Crippen molar-refractivity contribution < 1.29 is 9.53 Å². The molecule has 1 aliphatic rings. The van der Waals surface area contributed by atoms with Gasteiger partial charge >= 0.3 is 6.03 Å². The monoisotopic (exact) mass is 234 g/mol. The van der Waals surface area contributed by atoms with E-state index in [1.54, 1.807) is 14.1 Å². The summed E-state index contributed by atoms with van der Waals surface area (Å²) in [5, 5.41) is 2.84. The van der Waals surface area contributed by atoms with Crippen LogP contribution in [0.5, 0.6) is 5.75 Å². The first-order valence-electron chi connectivity index (χ1n) is 5.68.